The Bertz CT molecular complexity index is 222. The third kappa shape index (κ3) is 3.18. The van der Waals surface area contributed by atoms with Gasteiger partial charge >= 0.3 is 5.97 Å². The summed E-state index contributed by atoms with van der Waals surface area (Å²) in [6.45, 7) is 5.36. The molecule has 2 heterocycles. The first-order valence-electron chi connectivity index (χ1n) is 5.76. The number of hydrogen-bond acceptors (Lipinski definition) is 3. The average molecular weight is 213 g/mol. The molecular formula is C11H19NO3. The van der Waals surface area contributed by atoms with Crippen LogP contribution in [0.2, 0.25) is 0 Å². The number of carboxylic acid groups (broad SMARTS) is 1. The standard InChI is InChI=1S/C11H19NO3/c13-11(14)3-1-2-9-4-12(5-9)6-10-7-15-8-10/h9-10H,1-8H2,(H,13,14). The molecule has 0 amide bonds. The van der Waals surface area contributed by atoms with Gasteiger partial charge in [0.2, 0.25) is 0 Å². The Labute approximate surface area is 90.2 Å². The van der Waals surface area contributed by atoms with Crippen molar-refractivity contribution < 1.29 is 14.6 Å². The Hall–Kier alpha value is -0.610. The van der Waals surface area contributed by atoms with Gasteiger partial charge in [-0.25, -0.2) is 0 Å². The topological polar surface area (TPSA) is 49.8 Å². The van der Waals surface area contributed by atoms with E-state index in [0.29, 0.717) is 6.42 Å². The zero-order valence-corrected chi connectivity index (χ0v) is 9.02. The summed E-state index contributed by atoms with van der Waals surface area (Å²) in [5.74, 6) is 0.827. The maximum Gasteiger partial charge on any atom is 0.303 e. The Morgan fingerprint density at radius 3 is 2.60 bits per heavy atom. The van der Waals surface area contributed by atoms with Crippen LogP contribution in [0.3, 0.4) is 0 Å². The van der Waals surface area contributed by atoms with E-state index in [2.05, 4.69) is 4.90 Å². The maximum absolute atomic E-state index is 10.3. The van der Waals surface area contributed by atoms with Crippen molar-refractivity contribution in [1.82, 2.24) is 4.90 Å². The summed E-state index contributed by atoms with van der Waals surface area (Å²) >= 11 is 0. The first-order chi connectivity index (χ1) is 7.24. The van der Waals surface area contributed by atoms with Crippen LogP contribution in [0.4, 0.5) is 0 Å². The van der Waals surface area contributed by atoms with Gasteiger partial charge in [-0.2, -0.15) is 0 Å². The molecule has 1 N–H and O–H groups in total. The lowest BCUT2D eigenvalue weighted by Gasteiger charge is -2.43. The molecule has 4 nitrogen and oxygen atoms in total. The van der Waals surface area contributed by atoms with Crippen LogP contribution in [0.5, 0.6) is 0 Å². The highest BCUT2D eigenvalue weighted by Crippen LogP contribution is 2.23. The summed E-state index contributed by atoms with van der Waals surface area (Å²) in [5.41, 5.74) is 0. The monoisotopic (exact) mass is 213 g/mol. The number of rotatable bonds is 6. The lowest BCUT2D eigenvalue weighted by Crippen LogP contribution is -2.51. The molecule has 0 atom stereocenters. The first-order valence-corrected chi connectivity index (χ1v) is 5.76. The molecule has 0 unspecified atom stereocenters. The second kappa shape index (κ2) is 4.94. The van der Waals surface area contributed by atoms with Crippen LogP contribution in [0.15, 0.2) is 0 Å². The number of ether oxygens (including phenoxy) is 1. The lowest BCUT2D eigenvalue weighted by atomic mass is 9.92. The van der Waals surface area contributed by atoms with Crippen molar-refractivity contribution in [2.75, 3.05) is 32.8 Å². The fourth-order valence-electron chi connectivity index (χ4n) is 2.31. The molecule has 0 radical (unpaired) electrons. The molecule has 0 spiro atoms. The van der Waals surface area contributed by atoms with Gasteiger partial charge in [0.25, 0.3) is 0 Å². The second-order valence-electron chi connectivity index (χ2n) is 4.77. The van der Waals surface area contributed by atoms with E-state index in [4.69, 9.17) is 9.84 Å². The number of aliphatic carboxylic acids is 1. The Balaban J connectivity index is 1.48. The van der Waals surface area contributed by atoms with Crippen molar-refractivity contribution in [2.45, 2.75) is 19.3 Å². The van der Waals surface area contributed by atoms with Crippen molar-refractivity contribution in [2.24, 2.45) is 11.8 Å². The van der Waals surface area contributed by atoms with Crippen molar-refractivity contribution in [3.05, 3.63) is 0 Å². The number of likely N-dealkylation sites (tertiary alicyclic amines) is 1. The molecule has 0 aliphatic carbocycles. The molecule has 2 saturated heterocycles. The van der Waals surface area contributed by atoms with E-state index in [0.717, 1.165) is 51.0 Å². The van der Waals surface area contributed by atoms with E-state index < -0.39 is 5.97 Å². The number of nitrogens with zero attached hydrogens (tertiary/aromatic N) is 1. The molecular weight excluding hydrogens is 194 g/mol. The summed E-state index contributed by atoms with van der Waals surface area (Å²) in [6.07, 6.45) is 2.23. The summed E-state index contributed by atoms with van der Waals surface area (Å²) < 4.78 is 5.13. The summed E-state index contributed by atoms with van der Waals surface area (Å²) in [6, 6.07) is 0. The van der Waals surface area contributed by atoms with Crippen LogP contribution >= 0.6 is 0 Å². The van der Waals surface area contributed by atoms with Gasteiger partial charge in [-0.3, -0.25) is 4.79 Å². The Kier molecular flexibility index (Phi) is 3.59. The van der Waals surface area contributed by atoms with E-state index in [1.165, 1.54) is 6.54 Å². The van der Waals surface area contributed by atoms with Gasteiger partial charge < -0.3 is 14.7 Å². The highest BCUT2D eigenvalue weighted by Gasteiger charge is 2.30. The van der Waals surface area contributed by atoms with Crippen molar-refractivity contribution in [3.63, 3.8) is 0 Å². The quantitative estimate of drug-likeness (QED) is 0.709. The molecule has 2 aliphatic heterocycles. The van der Waals surface area contributed by atoms with Gasteiger partial charge in [-0.1, -0.05) is 0 Å². The maximum atomic E-state index is 10.3. The van der Waals surface area contributed by atoms with Crippen LogP contribution in [0.25, 0.3) is 0 Å². The van der Waals surface area contributed by atoms with Crippen molar-refractivity contribution in [1.29, 1.82) is 0 Å². The minimum atomic E-state index is -0.669. The van der Waals surface area contributed by atoms with Gasteiger partial charge in [0, 0.05) is 32.0 Å². The van der Waals surface area contributed by atoms with Gasteiger partial charge in [0.05, 0.1) is 13.2 Å². The normalized spacial score (nSPS) is 23.5. The number of carbonyl (C=O) groups is 1. The largest absolute Gasteiger partial charge is 0.481 e. The van der Waals surface area contributed by atoms with E-state index in [9.17, 15) is 4.79 Å². The van der Waals surface area contributed by atoms with Crippen molar-refractivity contribution >= 4 is 5.97 Å². The Morgan fingerprint density at radius 1 is 1.33 bits per heavy atom. The van der Waals surface area contributed by atoms with Crippen LogP contribution < -0.4 is 0 Å². The minimum Gasteiger partial charge on any atom is -0.481 e. The number of hydrogen-bond donors (Lipinski definition) is 1. The van der Waals surface area contributed by atoms with Crippen LogP contribution in [-0.4, -0.2) is 48.8 Å². The third-order valence-corrected chi connectivity index (χ3v) is 3.26. The molecule has 0 saturated carbocycles. The Morgan fingerprint density at radius 2 is 2.07 bits per heavy atom. The zero-order chi connectivity index (χ0) is 10.7. The molecule has 4 heteroatoms. The fraction of sp³-hybridized carbons (Fsp3) is 0.909. The smallest absolute Gasteiger partial charge is 0.303 e. The summed E-state index contributed by atoms with van der Waals surface area (Å²) in [4.78, 5) is 12.8. The van der Waals surface area contributed by atoms with Gasteiger partial charge in [-0.15, -0.1) is 0 Å². The SMILES string of the molecule is O=C(O)CCCC1CN(CC2COC2)C1. The molecule has 0 aromatic carbocycles. The minimum absolute atomic E-state index is 0.326. The molecule has 15 heavy (non-hydrogen) atoms. The molecule has 86 valence electrons. The molecule has 0 aromatic rings. The lowest BCUT2D eigenvalue weighted by molar-refractivity contribution is -0.137. The molecule has 0 bridgehead atoms. The van der Waals surface area contributed by atoms with E-state index >= 15 is 0 Å². The fourth-order valence-corrected chi connectivity index (χ4v) is 2.31. The predicted molar refractivity (Wildman–Crippen MR) is 55.7 cm³/mol. The predicted octanol–water partition coefficient (Wildman–Crippen LogP) is 0.820. The van der Waals surface area contributed by atoms with Gasteiger partial charge in [0.1, 0.15) is 0 Å². The highest BCUT2D eigenvalue weighted by molar-refractivity contribution is 5.66. The third-order valence-electron chi connectivity index (χ3n) is 3.26. The van der Waals surface area contributed by atoms with Crippen LogP contribution in [-0.2, 0) is 9.53 Å². The van der Waals surface area contributed by atoms with E-state index in [-0.39, 0.29) is 0 Å². The second-order valence-corrected chi connectivity index (χ2v) is 4.77. The molecule has 2 rings (SSSR count). The van der Waals surface area contributed by atoms with E-state index in [1.54, 1.807) is 0 Å². The first kappa shape index (κ1) is 10.9. The summed E-state index contributed by atoms with van der Waals surface area (Å²) in [5, 5.41) is 8.50. The van der Waals surface area contributed by atoms with Crippen molar-refractivity contribution in [3.8, 4) is 0 Å². The molecule has 2 fully saturated rings. The molecule has 2 aliphatic rings. The van der Waals surface area contributed by atoms with Gasteiger partial charge in [0.15, 0.2) is 0 Å². The number of carboxylic acids is 1. The molecule has 0 aromatic heterocycles. The van der Waals surface area contributed by atoms with Crippen LogP contribution in [0.1, 0.15) is 19.3 Å². The average Bonchev–Trinajstić information content (AvgIpc) is 2.03. The zero-order valence-electron chi connectivity index (χ0n) is 9.02. The van der Waals surface area contributed by atoms with E-state index in [1.807, 2.05) is 0 Å². The van der Waals surface area contributed by atoms with Gasteiger partial charge in [-0.05, 0) is 18.8 Å². The summed E-state index contributed by atoms with van der Waals surface area (Å²) in [7, 11) is 0. The highest BCUT2D eigenvalue weighted by atomic mass is 16.5. The van der Waals surface area contributed by atoms with Crippen LogP contribution in [0, 0.1) is 11.8 Å².